The Labute approximate surface area is 204 Å². The summed E-state index contributed by atoms with van der Waals surface area (Å²) in [5, 5.41) is 9.09. The van der Waals surface area contributed by atoms with Crippen LogP contribution in [0.3, 0.4) is 0 Å². The number of anilines is 1. The lowest BCUT2D eigenvalue weighted by molar-refractivity contribution is 0.211. The summed E-state index contributed by atoms with van der Waals surface area (Å²) in [6, 6.07) is 13.1. The normalized spacial score (nSPS) is 15.1. The lowest BCUT2D eigenvalue weighted by atomic mass is 10.0. The van der Waals surface area contributed by atoms with Gasteiger partial charge in [0.25, 0.3) is 0 Å². The first-order valence-electron chi connectivity index (χ1n) is 12.1. The molecule has 7 nitrogen and oxygen atoms in total. The van der Waals surface area contributed by atoms with Crippen LogP contribution in [0.25, 0.3) is 10.2 Å². The predicted octanol–water partition coefficient (Wildman–Crippen LogP) is 5.05. The third-order valence-electron chi connectivity index (χ3n) is 6.22. The van der Waals surface area contributed by atoms with Crippen LogP contribution in [0.4, 0.5) is 5.82 Å². The molecule has 1 saturated heterocycles. The highest BCUT2D eigenvalue weighted by Gasteiger charge is 2.21. The number of hydrogen-bond acceptors (Lipinski definition) is 7. The molecular formula is C26H32N6OS. The van der Waals surface area contributed by atoms with Crippen LogP contribution in [-0.2, 0) is 13.1 Å². The largest absolute Gasteiger partial charge is 0.494 e. The van der Waals surface area contributed by atoms with Gasteiger partial charge < -0.3 is 10.1 Å². The number of likely N-dealkylation sites (tertiary alicyclic amines) is 1. The molecule has 1 fully saturated rings. The smallest absolute Gasteiger partial charge is 0.138 e. The second-order valence-corrected chi connectivity index (χ2v) is 10.2. The minimum atomic E-state index is 0.443. The summed E-state index contributed by atoms with van der Waals surface area (Å²) in [5.74, 6) is 2.77. The van der Waals surface area contributed by atoms with Crippen LogP contribution in [0.2, 0.25) is 0 Å². The summed E-state index contributed by atoms with van der Waals surface area (Å²) in [6.45, 7) is 8.77. The number of ether oxygens (including phenoxy) is 1. The molecule has 0 amide bonds. The zero-order valence-corrected chi connectivity index (χ0v) is 20.7. The summed E-state index contributed by atoms with van der Waals surface area (Å²) in [4.78, 5) is 14.2. The van der Waals surface area contributed by atoms with Crippen LogP contribution < -0.4 is 10.1 Å². The van der Waals surface area contributed by atoms with Crippen LogP contribution in [0.1, 0.15) is 35.5 Å². The maximum Gasteiger partial charge on any atom is 0.138 e. The van der Waals surface area contributed by atoms with Crippen molar-refractivity contribution in [3.05, 3.63) is 65.1 Å². The van der Waals surface area contributed by atoms with E-state index in [4.69, 9.17) is 9.72 Å². The Bertz CT molecular complexity index is 1210. The Morgan fingerprint density at radius 3 is 2.82 bits per heavy atom. The summed E-state index contributed by atoms with van der Waals surface area (Å²) >= 11 is 1.74. The van der Waals surface area contributed by atoms with Crippen molar-refractivity contribution in [3.8, 4) is 5.75 Å². The van der Waals surface area contributed by atoms with E-state index < -0.39 is 0 Å². The van der Waals surface area contributed by atoms with E-state index in [9.17, 15) is 0 Å². The average Bonchev–Trinajstić information content (AvgIpc) is 3.47. The number of piperidine rings is 1. The van der Waals surface area contributed by atoms with Gasteiger partial charge in [-0.15, -0.1) is 11.3 Å². The Kier molecular flexibility index (Phi) is 7.06. The third kappa shape index (κ3) is 5.74. The molecule has 1 aliphatic heterocycles. The first kappa shape index (κ1) is 22.8. The van der Waals surface area contributed by atoms with Gasteiger partial charge in [-0.25, -0.2) is 9.97 Å². The molecule has 0 atom stereocenters. The fourth-order valence-corrected chi connectivity index (χ4v) is 5.45. The highest BCUT2D eigenvalue weighted by molar-refractivity contribution is 7.18. The zero-order chi connectivity index (χ0) is 23.3. The summed E-state index contributed by atoms with van der Waals surface area (Å²) < 4.78 is 7.92. The Hall–Kier alpha value is -2.97. The summed E-state index contributed by atoms with van der Waals surface area (Å²) in [5.41, 5.74) is 1.30. The summed E-state index contributed by atoms with van der Waals surface area (Å²) in [7, 11) is 0. The van der Waals surface area contributed by atoms with Crippen LogP contribution in [0.5, 0.6) is 5.75 Å². The molecule has 34 heavy (non-hydrogen) atoms. The molecule has 5 rings (SSSR count). The number of nitrogens with one attached hydrogen (secondary N) is 1. The van der Waals surface area contributed by atoms with Crippen molar-refractivity contribution in [2.24, 2.45) is 0 Å². The highest BCUT2D eigenvalue weighted by Crippen LogP contribution is 2.30. The van der Waals surface area contributed by atoms with Gasteiger partial charge in [-0.2, -0.15) is 5.10 Å². The molecule has 4 aromatic rings. The Morgan fingerprint density at radius 2 is 2.00 bits per heavy atom. The van der Waals surface area contributed by atoms with Gasteiger partial charge >= 0.3 is 0 Å². The second-order valence-electron chi connectivity index (χ2n) is 9.01. The molecule has 4 heterocycles. The first-order chi connectivity index (χ1) is 16.6. The molecule has 0 unspecified atom stereocenters. The quantitative estimate of drug-likeness (QED) is 0.341. The van der Waals surface area contributed by atoms with Crippen molar-refractivity contribution in [2.45, 2.75) is 52.2 Å². The van der Waals surface area contributed by atoms with Crippen LogP contribution in [0, 0.1) is 13.8 Å². The first-order valence-corrected chi connectivity index (χ1v) is 12.9. The molecular weight excluding hydrogens is 444 g/mol. The molecule has 3 aromatic heterocycles. The van der Waals surface area contributed by atoms with E-state index in [0.717, 1.165) is 73.0 Å². The SMILES string of the molecule is Cc1nc(NC2CCN(Cc3cccc(OCCCn4cccn4)c3)CC2)c2cc(C)sc2n1. The molecule has 0 saturated carbocycles. The van der Waals surface area contributed by atoms with E-state index >= 15 is 0 Å². The average molecular weight is 477 g/mol. The minimum Gasteiger partial charge on any atom is -0.494 e. The topological polar surface area (TPSA) is 68.1 Å². The number of nitrogens with zero attached hydrogens (tertiary/aromatic N) is 5. The van der Waals surface area contributed by atoms with Crippen molar-refractivity contribution < 1.29 is 4.74 Å². The lowest BCUT2D eigenvalue weighted by Gasteiger charge is -2.32. The van der Waals surface area contributed by atoms with E-state index in [1.54, 1.807) is 11.3 Å². The standard InChI is InChI=1S/C26H32N6OS/c1-19-16-24-25(28-20(2)29-26(24)34-19)30-22-8-13-31(14-9-22)18-21-6-3-7-23(17-21)33-15-5-12-32-11-4-10-27-32/h3-4,6-7,10-11,16-17,22H,5,8-9,12-15,18H2,1-2H3,(H,28,29,30). The van der Waals surface area contributed by atoms with Gasteiger partial charge in [-0.05, 0) is 56.5 Å². The van der Waals surface area contributed by atoms with Crippen molar-refractivity contribution in [1.82, 2.24) is 24.6 Å². The van der Waals surface area contributed by atoms with Crippen molar-refractivity contribution in [3.63, 3.8) is 0 Å². The van der Waals surface area contributed by atoms with Crippen molar-refractivity contribution in [2.75, 3.05) is 25.0 Å². The number of thiophene rings is 1. The number of rotatable bonds is 9. The van der Waals surface area contributed by atoms with Crippen molar-refractivity contribution in [1.29, 1.82) is 0 Å². The molecule has 1 aliphatic rings. The highest BCUT2D eigenvalue weighted by atomic mass is 32.1. The molecule has 8 heteroatoms. The number of hydrogen-bond donors (Lipinski definition) is 1. The van der Waals surface area contributed by atoms with E-state index in [0.29, 0.717) is 12.6 Å². The maximum atomic E-state index is 5.98. The fraction of sp³-hybridized carbons (Fsp3) is 0.423. The van der Waals surface area contributed by atoms with Gasteiger partial charge in [0.2, 0.25) is 0 Å². The summed E-state index contributed by atoms with van der Waals surface area (Å²) in [6.07, 6.45) is 6.95. The van der Waals surface area contributed by atoms with E-state index in [1.165, 1.54) is 10.4 Å². The molecule has 178 valence electrons. The Balaban J connectivity index is 1.10. The van der Waals surface area contributed by atoms with E-state index in [1.807, 2.05) is 36.1 Å². The molecule has 0 spiro atoms. The van der Waals surface area contributed by atoms with E-state index in [2.05, 4.69) is 51.5 Å². The number of aromatic nitrogens is 4. The van der Waals surface area contributed by atoms with Crippen LogP contribution in [-0.4, -0.2) is 50.4 Å². The third-order valence-corrected chi connectivity index (χ3v) is 7.16. The number of benzene rings is 1. The molecule has 1 N–H and O–H groups in total. The van der Waals surface area contributed by atoms with Gasteiger partial charge in [0, 0.05) is 55.9 Å². The zero-order valence-electron chi connectivity index (χ0n) is 19.9. The fourth-order valence-electron chi connectivity index (χ4n) is 4.53. The molecule has 1 aromatic carbocycles. The second kappa shape index (κ2) is 10.5. The van der Waals surface area contributed by atoms with Gasteiger partial charge in [0.05, 0.1) is 12.0 Å². The molecule has 0 aliphatic carbocycles. The van der Waals surface area contributed by atoms with Crippen LogP contribution in [0.15, 0.2) is 48.8 Å². The molecule has 0 radical (unpaired) electrons. The number of fused-ring (bicyclic) bond motifs is 1. The Morgan fingerprint density at radius 1 is 1.12 bits per heavy atom. The molecule has 0 bridgehead atoms. The van der Waals surface area contributed by atoms with Crippen molar-refractivity contribution >= 4 is 27.4 Å². The minimum absolute atomic E-state index is 0.443. The maximum absolute atomic E-state index is 5.98. The van der Waals surface area contributed by atoms with Crippen LogP contribution >= 0.6 is 11.3 Å². The monoisotopic (exact) mass is 476 g/mol. The van der Waals surface area contributed by atoms with Gasteiger partial charge in [-0.1, -0.05) is 12.1 Å². The number of aryl methyl sites for hydroxylation is 3. The van der Waals surface area contributed by atoms with E-state index in [-0.39, 0.29) is 0 Å². The lowest BCUT2D eigenvalue weighted by Crippen LogP contribution is -2.38. The predicted molar refractivity (Wildman–Crippen MR) is 138 cm³/mol. The van der Waals surface area contributed by atoms with Gasteiger partial charge in [-0.3, -0.25) is 9.58 Å². The van der Waals surface area contributed by atoms with Gasteiger partial charge in [0.1, 0.15) is 22.2 Å². The van der Waals surface area contributed by atoms with Gasteiger partial charge in [0.15, 0.2) is 0 Å².